The molecule has 5 rings (SSSR count). The number of hydrogen-bond acceptors (Lipinski definition) is 5. The Balaban J connectivity index is 1.62. The van der Waals surface area contributed by atoms with Gasteiger partial charge in [-0.2, -0.15) is 0 Å². The van der Waals surface area contributed by atoms with E-state index in [1.165, 1.54) is 0 Å². The fourth-order valence-electron chi connectivity index (χ4n) is 4.27. The number of amidine groups is 1. The van der Waals surface area contributed by atoms with Gasteiger partial charge in [0.25, 0.3) is 0 Å². The van der Waals surface area contributed by atoms with Crippen LogP contribution < -0.4 is 4.90 Å². The van der Waals surface area contributed by atoms with Crippen molar-refractivity contribution in [3.05, 3.63) is 64.8 Å². The number of Topliss-reactive ketones (excluding diaryl/α,β-unsaturated/α-hetero) is 1. The lowest BCUT2D eigenvalue weighted by atomic mass is 9.86. The Bertz CT molecular complexity index is 1210. The maximum atomic E-state index is 13.2. The maximum absolute atomic E-state index is 13.2. The number of benzene rings is 2. The molecule has 0 aliphatic carbocycles. The number of aryl methyl sites for hydroxylation is 3. The van der Waals surface area contributed by atoms with E-state index in [0.717, 1.165) is 39.8 Å². The van der Waals surface area contributed by atoms with Gasteiger partial charge in [-0.25, -0.2) is 4.99 Å². The summed E-state index contributed by atoms with van der Waals surface area (Å²) in [6.07, 6.45) is 1.23. The van der Waals surface area contributed by atoms with Crippen molar-refractivity contribution >= 4 is 33.9 Å². The number of carbonyl (C=O) groups excluding carboxylic acids is 1. The number of rotatable bonds is 2. The molecule has 1 aromatic heterocycles. The van der Waals surface area contributed by atoms with Crippen LogP contribution in [0.5, 0.6) is 0 Å². The first-order valence-corrected chi connectivity index (χ1v) is 10.1. The van der Waals surface area contributed by atoms with Gasteiger partial charge in [-0.3, -0.25) is 9.78 Å². The molecule has 29 heavy (non-hydrogen) atoms. The first-order valence-electron chi connectivity index (χ1n) is 10.1. The van der Waals surface area contributed by atoms with Gasteiger partial charge in [0, 0.05) is 35.3 Å². The predicted molar refractivity (Wildman–Crippen MR) is 115 cm³/mol. The second-order valence-electron chi connectivity index (χ2n) is 8.01. The Morgan fingerprint density at radius 2 is 1.90 bits per heavy atom. The Hall–Kier alpha value is -3.05. The lowest BCUT2D eigenvalue weighted by Crippen LogP contribution is -2.48. The molecule has 2 aliphatic heterocycles. The summed E-state index contributed by atoms with van der Waals surface area (Å²) in [4.78, 5) is 24.6. The van der Waals surface area contributed by atoms with E-state index in [4.69, 9.17) is 4.99 Å². The second-order valence-corrected chi connectivity index (χ2v) is 8.01. The van der Waals surface area contributed by atoms with Crippen LogP contribution in [-0.2, 0) is 6.42 Å². The molecule has 2 aliphatic rings. The van der Waals surface area contributed by atoms with Gasteiger partial charge < -0.3 is 10.0 Å². The van der Waals surface area contributed by atoms with Crippen molar-refractivity contribution < 1.29 is 9.90 Å². The molecule has 0 spiro atoms. The zero-order valence-electron chi connectivity index (χ0n) is 16.9. The zero-order valence-corrected chi connectivity index (χ0v) is 16.9. The standard InChI is InChI=1S/C24H23N3O2/c1-4-17-6-5-16-13-18(7-8-20(16)25-17)27-10-9-24(29)22(28)19-11-14(2)15(3)12-21(19)26-23(24)27/h5-8,11-13,29H,4,9-10H2,1-3H3/t24-/m1/s1. The minimum Gasteiger partial charge on any atom is -0.374 e. The third-order valence-electron chi connectivity index (χ3n) is 6.19. The molecule has 3 heterocycles. The average Bonchev–Trinajstić information content (AvgIpc) is 3.07. The van der Waals surface area contributed by atoms with E-state index in [-0.39, 0.29) is 5.78 Å². The van der Waals surface area contributed by atoms with Crippen LogP contribution in [0.3, 0.4) is 0 Å². The summed E-state index contributed by atoms with van der Waals surface area (Å²) >= 11 is 0. The van der Waals surface area contributed by atoms with Gasteiger partial charge >= 0.3 is 0 Å². The van der Waals surface area contributed by atoms with Gasteiger partial charge in [0.05, 0.1) is 11.2 Å². The van der Waals surface area contributed by atoms with Gasteiger partial charge in [-0.1, -0.05) is 13.0 Å². The second kappa shape index (κ2) is 6.22. The Morgan fingerprint density at radius 1 is 1.10 bits per heavy atom. The van der Waals surface area contributed by atoms with Gasteiger partial charge in [-0.15, -0.1) is 0 Å². The maximum Gasteiger partial charge on any atom is 0.204 e. The van der Waals surface area contributed by atoms with Gasteiger partial charge in [-0.05, 0) is 67.8 Å². The molecule has 0 unspecified atom stereocenters. The monoisotopic (exact) mass is 385 g/mol. The van der Waals surface area contributed by atoms with Crippen molar-refractivity contribution in [2.45, 2.75) is 39.2 Å². The summed E-state index contributed by atoms with van der Waals surface area (Å²) in [7, 11) is 0. The quantitative estimate of drug-likeness (QED) is 0.715. The van der Waals surface area contributed by atoms with E-state index >= 15 is 0 Å². The summed E-state index contributed by atoms with van der Waals surface area (Å²) in [5, 5.41) is 12.3. The lowest BCUT2D eigenvalue weighted by Gasteiger charge is -2.30. The number of anilines is 1. The molecule has 146 valence electrons. The minimum absolute atomic E-state index is 0.252. The molecule has 3 aromatic rings. The van der Waals surface area contributed by atoms with Gasteiger partial charge in [0.15, 0.2) is 5.60 Å². The summed E-state index contributed by atoms with van der Waals surface area (Å²) < 4.78 is 0. The molecular weight excluding hydrogens is 362 g/mol. The lowest BCUT2D eigenvalue weighted by molar-refractivity contribution is 0.0602. The molecular formula is C24H23N3O2. The average molecular weight is 385 g/mol. The highest BCUT2D eigenvalue weighted by atomic mass is 16.3. The van der Waals surface area contributed by atoms with Crippen LogP contribution in [0.15, 0.2) is 47.5 Å². The molecule has 0 radical (unpaired) electrons. The van der Waals surface area contributed by atoms with Crippen LogP contribution in [0.25, 0.3) is 10.9 Å². The number of pyridine rings is 1. The van der Waals surface area contributed by atoms with E-state index < -0.39 is 5.60 Å². The molecule has 1 N–H and O–H groups in total. The first kappa shape index (κ1) is 18.0. The number of hydrogen-bond donors (Lipinski definition) is 1. The Labute approximate surface area is 169 Å². The summed E-state index contributed by atoms with van der Waals surface area (Å²) in [6.45, 7) is 6.61. The van der Waals surface area contributed by atoms with Crippen LogP contribution in [0.1, 0.15) is 40.5 Å². The molecule has 1 saturated heterocycles. The topological polar surface area (TPSA) is 65.8 Å². The smallest absolute Gasteiger partial charge is 0.204 e. The van der Waals surface area contributed by atoms with Crippen LogP contribution in [0.4, 0.5) is 11.4 Å². The largest absolute Gasteiger partial charge is 0.374 e. The molecule has 2 aromatic carbocycles. The minimum atomic E-state index is -1.56. The highest BCUT2D eigenvalue weighted by Crippen LogP contribution is 2.40. The Morgan fingerprint density at radius 3 is 2.69 bits per heavy atom. The number of fused-ring (bicyclic) bond motifs is 3. The Kier molecular flexibility index (Phi) is 3.87. The van der Waals surface area contributed by atoms with E-state index in [9.17, 15) is 9.90 Å². The van der Waals surface area contributed by atoms with Crippen LogP contribution >= 0.6 is 0 Å². The van der Waals surface area contributed by atoms with Crippen molar-refractivity contribution in [1.29, 1.82) is 0 Å². The van der Waals surface area contributed by atoms with Crippen molar-refractivity contribution in [2.24, 2.45) is 4.99 Å². The molecule has 0 saturated carbocycles. The van der Waals surface area contributed by atoms with Crippen molar-refractivity contribution in [1.82, 2.24) is 4.98 Å². The third-order valence-corrected chi connectivity index (χ3v) is 6.19. The number of aliphatic imine (C=N–C) groups is 1. The van der Waals surface area contributed by atoms with E-state index in [1.807, 2.05) is 49.1 Å². The highest BCUT2D eigenvalue weighted by molar-refractivity contribution is 6.28. The fourth-order valence-corrected chi connectivity index (χ4v) is 4.27. The fraction of sp³-hybridized carbons (Fsp3) is 0.292. The number of nitrogens with zero attached hydrogens (tertiary/aromatic N) is 3. The summed E-state index contributed by atoms with van der Waals surface area (Å²) in [5.74, 6) is 0.175. The highest BCUT2D eigenvalue weighted by Gasteiger charge is 2.52. The molecule has 5 heteroatoms. The third kappa shape index (κ3) is 2.61. The number of ketones is 1. The van der Waals surface area contributed by atoms with E-state index in [2.05, 4.69) is 24.0 Å². The molecule has 1 atom stereocenters. The van der Waals surface area contributed by atoms with Gasteiger partial charge in [0.2, 0.25) is 5.78 Å². The number of aliphatic hydroxyl groups is 1. The van der Waals surface area contributed by atoms with Gasteiger partial charge in [0.1, 0.15) is 5.84 Å². The zero-order chi connectivity index (χ0) is 20.3. The van der Waals surface area contributed by atoms with Crippen molar-refractivity contribution in [2.75, 3.05) is 11.4 Å². The predicted octanol–water partition coefficient (Wildman–Crippen LogP) is 4.28. The number of carbonyl (C=O) groups is 1. The van der Waals surface area contributed by atoms with E-state index in [1.54, 1.807) is 0 Å². The normalized spacial score (nSPS) is 20.6. The molecule has 1 fully saturated rings. The van der Waals surface area contributed by atoms with E-state index in [0.29, 0.717) is 30.1 Å². The first-order chi connectivity index (χ1) is 13.9. The summed E-state index contributed by atoms with van der Waals surface area (Å²) in [5.41, 5.74) is 4.62. The van der Waals surface area contributed by atoms with Crippen LogP contribution in [-0.4, -0.2) is 33.9 Å². The SMILES string of the molecule is CCc1ccc2cc(N3CC[C@@]4(O)C(=O)c5cc(C)c(C)cc5N=C34)ccc2n1. The number of aromatic nitrogens is 1. The summed E-state index contributed by atoms with van der Waals surface area (Å²) in [6, 6.07) is 13.9. The van der Waals surface area contributed by atoms with Crippen LogP contribution in [0, 0.1) is 13.8 Å². The molecule has 0 bridgehead atoms. The van der Waals surface area contributed by atoms with Crippen molar-refractivity contribution in [3.63, 3.8) is 0 Å². The van der Waals surface area contributed by atoms with Crippen molar-refractivity contribution in [3.8, 4) is 0 Å². The molecule has 0 amide bonds. The van der Waals surface area contributed by atoms with Crippen LogP contribution in [0.2, 0.25) is 0 Å². The molecule has 5 nitrogen and oxygen atoms in total.